The van der Waals surface area contributed by atoms with Gasteiger partial charge in [0, 0.05) is 17.5 Å². The van der Waals surface area contributed by atoms with Gasteiger partial charge >= 0.3 is 0 Å². The molecule has 20 heavy (non-hydrogen) atoms. The van der Waals surface area contributed by atoms with Crippen LogP contribution in [0.3, 0.4) is 0 Å². The molecule has 2 aromatic carbocycles. The average molecular weight is 288 g/mol. The van der Waals surface area contributed by atoms with Crippen molar-refractivity contribution in [3.8, 4) is 0 Å². The molecule has 2 heteroatoms. The molecular weight excluding hydrogens is 266 g/mol. The van der Waals surface area contributed by atoms with Gasteiger partial charge in [0.15, 0.2) is 0 Å². The summed E-state index contributed by atoms with van der Waals surface area (Å²) in [4.78, 5) is 0. The molecule has 106 valence electrons. The van der Waals surface area contributed by atoms with Crippen molar-refractivity contribution in [2.24, 2.45) is 0 Å². The monoisotopic (exact) mass is 287 g/mol. The van der Waals surface area contributed by atoms with Gasteiger partial charge in [0.05, 0.1) is 0 Å². The van der Waals surface area contributed by atoms with Crippen molar-refractivity contribution >= 4 is 11.6 Å². The van der Waals surface area contributed by atoms with Gasteiger partial charge in [-0.15, -0.1) is 0 Å². The first-order valence-electron chi connectivity index (χ1n) is 7.21. The normalized spacial score (nSPS) is 12.3. The van der Waals surface area contributed by atoms with Crippen LogP contribution < -0.4 is 5.32 Å². The van der Waals surface area contributed by atoms with Gasteiger partial charge in [-0.2, -0.15) is 0 Å². The van der Waals surface area contributed by atoms with Crippen molar-refractivity contribution in [1.29, 1.82) is 0 Å². The summed E-state index contributed by atoms with van der Waals surface area (Å²) in [6.07, 6.45) is 1.01. The molecule has 0 saturated carbocycles. The molecule has 0 saturated heterocycles. The molecule has 2 rings (SSSR count). The lowest BCUT2D eigenvalue weighted by molar-refractivity contribution is 0.595. The molecule has 0 heterocycles. The number of aryl methyl sites for hydroxylation is 1. The van der Waals surface area contributed by atoms with Gasteiger partial charge < -0.3 is 5.32 Å². The van der Waals surface area contributed by atoms with E-state index in [1.165, 1.54) is 11.1 Å². The summed E-state index contributed by atoms with van der Waals surface area (Å²) in [5.41, 5.74) is 3.82. The molecule has 0 aliphatic carbocycles. The summed E-state index contributed by atoms with van der Waals surface area (Å²) < 4.78 is 0. The van der Waals surface area contributed by atoms with Gasteiger partial charge in [0.2, 0.25) is 0 Å². The highest BCUT2D eigenvalue weighted by atomic mass is 35.5. The summed E-state index contributed by atoms with van der Waals surface area (Å²) >= 11 is 6.23. The zero-order chi connectivity index (χ0) is 14.4. The van der Waals surface area contributed by atoms with Gasteiger partial charge in [0.25, 0.3) is 0 Å². The second kappa shape index (κ2) is 7.47. The zero-order valence-corrected chi connectivity index (χ0v) is 13.0. The molecular formula is C18H22ClN. The highest BCUT2D eigenvalue weighted by Crippen LogP contribution is 2.23. The molecule has 0 spiro atoms. The number of likely N-dealkylation sites (N-methyl/N-ethyl adjacent to an activating group) is 1. The maximum atomic E-state index is 6.23. The first kappa shape index (κ1) is 15.1. The van der Waals surface area contributed by atoms with Gasteiger partial charge in [-0.1, -0.05) is 61.0 Å². The number of hydrogen-bond acceptors (Lipinski definition) is 1. The summed E-state index contributed by atoms with van der Waals surface area (Å²) in [7, 11) is 0. The van der Waals surface area contributed by atoms with Crippen molar-refractivity contribution < 1.29 is 0 Å². The summed E-state index contributed by atoms with van der Waals surface area (Å²) in [6, 6.07) is 17.1. The minimum Gasteiger partial charge on any atom is -0.316 e. The second-order valence-corrected chi connectivity index (χ2v) is 5.61. The van der Waals surface area contributed by atoms with Crippen molar-refractivity contribution in [2.45, 2.75) is 26.2 Å². The fraction of sp³-hybridized carbons (Fsp3) is 0.333. The van der Waals surface area contributed by atoms with Gasteiger partial charge in [-0.3, -0.25) is 0 Å². The van der Waals surface area contributed by atoms with E-state index in [4.69, 9.17) is 11.6 Å². The quantitative estimate of drug-likeness (QED) is 0.820. The molecule has 1 atom stereocenters. The smallest absolute Gasteiger partial charge is 0.0437 e. The number of benzene rings is 2. The van der Waals surface area contributed by atoms with Crippen molar-refractivity contribution in [2.75, 3.05) is 13.1 Å². The Balaban J connectivity index is 2.17. The average Bonchev–Trinajstić information content (AvgIpc) is 2.48. The molecule has 0 aliphatic rings. The molecule has 0 aliphatic heterocycles. The zero-order valence-electron chi connectivity index (χ0n) is 12.2. The minimum atomic E-state index is 0.481. The molecule has 1 nitrogen and oxygen atoms in total. The Bertz CT molecular complexity index is 536. The van der Waals surface area contributed by atoms with Crippen LogP contribution in [0.4, 0.5) is 0 Å². The Morgan fingerprint density at radius 3 is 2.50 bits per heavy atom. The molecule has 2 aromatic rings. The molecule has 0 fully saturated rings. The third-order valence-corrected chi connectivity index (χ3v) is 4.04. The Kier molecular flexibility index (Phi) is 5.63. The van der Waals surface area contributed by atoms with E-state index >= 15 is 0 Å². The molecule has 0 amide bonds. The molecule has 0 aromatic heterocycles. The van der Waals surface area contributed by atoms with E-state index in [9.17, 15) is 0 Å². The van der Waals surface area contributed by atoms with E-state index < -0.39 is 0 Å². The summed E-state index contributed by atoms with van der Waals surface area (Å²) in [5.74, 6) is 0.481. The van der Waals surface area contributed by atoms with E-state index in [1.807, 2.05) is 6.92 Å². The third kappa shape index (κ3) is 4.09. The first-order chi connectivity index (χ1) is 9.70. The Morgan fingerprint density at radius 2 is 1.85 bits per heavy atom. The maximum Gasteiger partial charge on any atom is 0.0437 e. The van der Waals surface area contributed by atoms with Crippen LogP contribution in [0.5, 0.6) is 0 Å². The fourth-order valence-corrected chi connectivity index (χ4v) is 2.60. The van der Waals surface area contributed by atoms with Gasteiger partial charge in [-0.25, -0.2) is 0 Å². The van der Waals surface area contributed by atoms with Gasteiger partial charge in [0.1, 0.15) is 0 Å². The largest absolute Gasteiger partial charge is 0.316 e. The molecule has 0 bridgehead atoms. The highest BCUT2D eigenvalue weighted by Gasteiger charge is 2.12. The van der Waals surface area contributed by atoms with Crippen LogP contribution in [-0.2, 0) is 6.42 Å². The third-order valence-electron chi connectivity index (χ3n) is 3.63. The second-order valence-electron chi connectivity index (χ2n) is 5.20. The van der Waals surface area contributed by atoms with Crippen LogP contribution >= 0.6 is 11.6 Å². The van der Waals surface area contributed by atoms with Gasteiger partial charge in [-0.05, 0) is 42.6 Å². The molecule has 1 unspecified atom stereocenters. The van der Waals surface area contributed by atoms with Crippen molar-refractivity contribution in [3.05, 3.63) is 70.2 Å². The van der Waals surface area contributed by atoms with E-state index in [0.717, 1.165) is 30.1 Å². The predicted molar refractivity (Wildman–Crippen MR) is 87.6 cm³/mol. The number of rotatable bonds is 6. The van der Waals surface area contributed by atoms with Crippen LogP contribution in [0.15, 0.2) is 48.5 Å². The Hall–Kier alpha value is -1.31. The molecule has 1 N–H and O–H groups in total. The number of nitrogens with one attached hydrogen (secondary N) is 1. The maximum absolute atomic E-state index is 6.23. The van der Waals surface area contributed by atoms with Crippen molar-refractivity contribution in [1.82, 2.24) is 5.32 Å². The Labute approximate surface area is 127 Å². The highest BCUT2D eigenvalue weighted by molar-refractivity contribution is 6.31. The van der Waals surface area contributed by atoms with E-state index in [0.29, 0.717) is 5.92 Å². The number of hydrogen-bond donors (Lipinski definition) is 1. The lowest BCUT2D eigenvalue weighted by Gasteiger charge is -2.18. The predicted octanol–water partition coefficient (Wildman–Crippen LogP) is 4.58. The van der Waals surface area contributed by atoms with Crippen LogP contribution in [0.1, 0.15) is 29.5 Å². The number of halogens is 1. The van der Waals surface area contributed by atoms with E-state index in [-0.39, 0.29) is 0 Å². The van der Waals surface area contributed by atoms with Crippen LogP contribution in [0.2, 0.25) is 5.02 Å². The first-order valence-corrected chi connectivity index (χ1v) is 7.59. The van der Waals surface area contributed by atoms with E-state index in [1.54, 1.807) is 0 Å². The minimum absolute atomic E-state index is 0.481. The fourth-order valence-electron chi connectivity index (χ4n) is 2.40. The van der Waals surface area contributed by atoms with E-state index in [2.05, 4.69) is 60.8 Å². The summed E-state index contributed by atoms with van der Waals surface area (Å²) in [6.45, 7) is 6.17. The standard InChI is InChI=1S/C18H22ClN/c1-3-20-13-17(16-7-5-4-6-8-16)11-15-10-9-14(2)18(19)12-15/h4-10,12,17,20H,3,11,13H2,1-2H3. The lowest BCUT2D eigenvalue weighted by atomic mass is 9.91. The SMILES string of the molecule is CCNCC(Cc1ccc(C)c(Cl)c1)c1ccccc1. The van der Waals surface area contributed by atoms with Crippen LogP contribution in [-0.4, -0.2) is 13.1 Å². The van der Waals surface area contributed by atoms with Crippen LogP contribution in [0, 0.1) is 6.92 Å². The molecule has 0 radical (unpaired) electrons. The Morgan fingerprint density at radius 1 is 1.10 bits per heavy atom. The van der Waals surface area contributed by atoms with Crippen molar-refractivity contribution in [3.63, 3.8) is 0 Å². The van der Waals surface area contributed by atoms with Crippen LogP contribution in [0.25, 0.3) is 0 Å². The lowest BCUT2D eigenvalue weighted by Crippen LogP contribution is -2.22. The topological polar surface area (TPSA) is 12.0 Å². The summed E-state index contributed by atoms with van der Waals surface area (Å²) in [5, 5.41) is 4.32.